The highest BCUT2D eigenvalue weighted by Crippen LogP contribution is 2.51. The first kappa shape index (κ1) is 12.5. The van der Waals surface area contributed by atoms with Gasteiger partial charge in [-0.3, -0.25) is 4.90 Å². The highest BCUT2D eigenvalue weighted by molar-refractivity contribution is 7.15. The monoisotopic (exact) mass is 284 g/mol. The molecule has 2 bridgehead atoms. The third-order valence-corrected chi connectivity index (χ3v) is 6.44. The predicted octanol–water partition coefficient (Wildman–Crippen LogP) is 4.28. The van der Waals surface area contributed by atoms with Gasteiger partial charge in [0.1, 0.15) is 5.01 Å². The summed E-state index contributed by atoms with van der Waals surface area (Å²) in [6.07, 6.45) is 8.71. The number of piperidine rings is 1. The molecule has 1 aromatic carbocycles. The van der Waals surface area contributed by atoms with Crippen LogP contribution in [0.5, 0.6) is 0 Å². The fraction of sp³-hybridized carbons (Fsp3) is 0.471. The van der Waals surface area contributed by atoms with Crippen LogP contribution in [0.1, 0.15) is 37.1 Å². The van der Waals surface area contributed by atoms with E-state index in [1.807, 2.05) is 11.3 Å². The van der Waals surface area contributed by atoms with Gasteiger partial charge < -0.3 is 0 Å². The lowest BCUT2D eigenvalue weighted by Crippen LogP contribution is -2.45. The molecule has 2 atom stereocenters. The number of benzene rings is 1. The van der Waals surface area contributed by atoms with Gasteiger partial charge in [0, 0.05) is 12.2 Å². The second-order valence-electron chi connectivity index (χ2n) is 6.12. The molecule has 20 heavy (non-hydrogen) atoms. The smallest absolute Gasteiger partial charge is 0.113 e. The van der Waals surface area contributed by atoms with Gasteiger partial charge in [-0.1, -0.05) is 30.3 Å². The van der Waals surface area contributed by atoms with Crippen molar-refractivity contribution >= 4 is 11.3 Å². The highest BCUT2D eigenvalue weighted by Gasteiger charge is 2.49. The van der Waals surface area contributed by atoms with Crippen LogP contribution in [0.4, 0.5) is 0 Å². The van der Waals surface area contributed by atoms with Gasteiger partial charge in [-0.2, -0.15) is 0 Å². The van der Waals surface area contributed by atoms with Crippen LogP contribution in [0, 0.1) is 0 Å². The average molecular weight is 284 g/mol. The average Bonchev–Trinajstić information content (AvgIpc) is 3.02. The molecule has 1 aromatic heterocycles. The van der Waals surface area contributed by atoms with Gasteiger partial charge >= 0.3 is 0 Å². The van der Waals surface area contributed by atoms with Gasteiger partial charge in [0.05, 0.1) is 10.4 Å². The molecule has 0 aliphatic carbocycles. The number of hydrogen-bond donors (Lipinski definition) is 0. The quantitative estimate of drug-likeness (QED) is 0.818. The minimum atomic E-state index is 0.237. The topological polar surface area (TPSA) is 16.1 Å². The van der Waals surface area contributed by atoms with Crippen molar-refractivity contribution < 1.29 is 0 Å². The van der Waals surface area contributed by atoms with Crippen LogP contribution < -0.4 is 0 Å². The maximum atomic E-state index is 4.81. The van der Waals surface area contributed by atoms with Crippen molar-refractivity contribution in [3.63, 3.8) is 0 Å². The number of aromatic nitrogens is 1. The second kappa shape index (κ2) is 4.68. The Morgan fingerprint density at radius 3 is 2.90 bits per heavy atom. The van der Waals surface area contributed by atoms with E-state index in [4.69, 9.17) is 4.98 Å². The van der Waals surface area contributed by atoms with Gasteiger partial charge in [0.15, 0.2) is 0 Å². The van der Waals surface area contributed by atoms with Gasteiger partial charge in [0.25, 0.3) is 0 Å². The largest absolute Gasteiger partial charge is 0.292 e. The maximum Gasteiger partial charge on any atom is 0.113 e. The summed E-state index contributed by atoms with van der Waals surface area (Å²) in [4.78, 5) is 8.73. The molecular weight excluding hydrogens is 264 g/mol. The van der Waals surface area contributed by atoms with E-state index in [1.54, 1.807) is 0 Å². The van der Waals surface area contributed by atoms with Gasteiger partial charge in [0.2, 0.25) is 0 Å². The van der Waals surface area contributed by atoms with E-state index in [1.165, 1.54) is 47.6 Å². The van der Waals surface area contributed by atoms with E-state index in [-0.39, 0.29) is 5.54 Å². The summed E-state index contributed by atoms with van der Waals surface area (Å²) >= 11 is 1.89. The Morgan fingerprint density at radius 1 is 1.20 bits per heavy atom. The van der Waals surface area contributed by atoms with E-state index in [2.05, 4.69) is 48.5 Å². The Kier molecular flexibility index (Phi) is 2.93. The number of fused-ring (bicyclic) bond motifs is 2. The van der Waals surface area contributed by atoms with E-state index in [0.717, 1.165) is 6.04 Å². The van der Waals surface area contributed by atoms with Crippen molar-refractivity contribution in [2.75, 3.05) is 7.05 Å². The first-order valence-corrected chi connectivity index (χ1v) is 8.36. The molecule has 2 aliphatic rings. The molecule has 0 spiro atoms. The highest BCUT2D eigenvalue weighted by atomic mass is 32.1. The lowest BCUT2D eigenvalue weighted by molar-refractivity contribution is 0.0803. The lowest BCUT2D eigenvalue weighted by atomic mass is 9.89. The molecule has 2 saturated heterocycles. The first-order chi connectivity index (χ1) is 9.79. The first-order valence-electron chi connectivity index (χ1n) is 7.54. The van der Waals surface area contributed by atoms with Crippen LogP contribution in [0.15, 0.2) is 36.5 Å². The Hall–Kier alpha value is -1.19. The van der Waals surface area contributed by atoms with E-state index >= 15 is 0 Å². The summed E-state index contributed by atoms with van der Waals surface area (Å²) in [6.45, 7) is 0. The molecule has 4 rings (SSSR count). The van der Waals surface area contributed by atoms with Crippen molar-refractivity contribution in [1.82, 2.24) is 9.88 Å². The molecular formula is C17H20N2S. The Labute approximate surface area is 124 Å². The molecule has 2 nitrogen and oxygen atoms in total. The summed E-state index contributed by atoms with van der Waals surface area (Å²) in [7, 11) is 2.31. The van der Waals surface area contributed by atoms with Crippen LogP contribution in [-0.2, 0) is 5.54 Å². The van der Waals surface area contributed by atoms with E-state index in [9.17, 15) is 0 Å². The number of hydrogen-bond acceptors (Lipinski definition) is 3. The third kappa shape index (κ3) is 1.76. The summed E-state index contributed by atoms with van der Waals surface area (Å²) in [5.41, 5.74) is 1.53. The zero-order valence-electron chi connectivity index (χ0n) is 11.9. The third-order valence-electron chi connectivity index (χ3n) is 5.20. The fourth-order valence-corrected chi connectivity index (χ4v) is 5.20. The molecule has 0 N–H and O–H groups in total. The molecule has 2 aromatic rings. The Bertz CT molecular complexity index is 602. The zero-order chi connectivity index (χ0) is 13.6. The molecule has 3 heterocycles. The van der Waals surface area contributed by atoms with Crippen LogP contribution in [0.25, 0.3) is 10.4 Å². The van der Waals surface area contributed by atoms with Crippen molar-refractivity contribution in [2.45, 2.75) is 43.7 Å². The Balaban J connectivity index is 1.72. The van der Waals surface area contributed by atoms with Gasteiger partial charge in [-0.15, -0.1) is 11.3 Å². The summed E-state index contributed by atoms with van der Waals surface area (Å²) in [6, 6.07) is 11.4. The Morgan fingerprint density at radius 2 is 2.05 bits per heavy atom. The summed E-state index contributed by atoms with van der Waals surface area (Å²) in [5.74, 6) is 0. The van der Waals surface area contributed by atoms with Crippen molar-refractivity contribution in [2.24, 2.45) is 0 Å². The van der Waals surface area contributed by atoms with Crippen molar-refractivity contribution in [1.29, 1.82) is 0 Å². The number of rotatable bonds is 2. The molecule has 3 heteroatoms. The molecule has 0 unspecified atom stereocenters. The minimum Gasteiger partial charge on any atom is -0.292 e. The molecule has 2 aliphatic heterocycles. The fourth-order valence-electron chi connectivity index (χ4n) is 3.98. The molecule has 0 amide bonds. The summed E-state index contributed by atoms with van der Waals surface area (Å²) < 4.78 is 0. The standard InChI is InChI=1S/C17H20N2S/c1-19-14-8-5-10-17(19,11-9-14)16-18-12-15(20-16)13-6-3-2-4-7-13/h2-4,6-7,12,14H,5,8-11H2,1H3/t14-,17+/m1/s1. The molecule has 0 saturated carbocycles. The van der Waals surface area contributed by atoms with Crippen molar-refractivity contribution in [3.8, 4) is 10.4 Å². The van der Waals surface area contributed by atoms with Gasteiger partial charge in [-0.05, 0) is 44.7 Å². The molecule has 0 radical (unpaired) electrons. The van der Waals surface area contributed by atoms with E-state index < -0.39 is 0 Å². The summed E-state index contributed by atoms with van der Waals surface area (Å²) in [5, 5.41) is 1.33. The van der Waals surface area contributed by atoms with Crippen LogP contribution in [-0.4, -0.2) is 23.0 Å². The normalized spacial score (nSPS) is 29.8. The minimum absolute atomic E-state index is 0.237. The maximum absolute atomic E-state index is 4.81. The van der Waals surface area contributed by atoms with Crippen LogP contribution >= 0.6 is 11.3 Å². The zero-order valence-corrected chi connectivity index (χ0v) is 12.7. The van der Waals surface area contributed by atoms with Crippen LogP contribution in [0.2, 0.25) is 0 Å². The van der Waals surface area contributed by atoms with Crippen LogP contribution in [0.3, 0.4) is 0 Å². The molecule has 2 fully saturated rings. The second-order valence-corrected chi connectivity index (χ2v) is 7.15. The van der Waals surface area contributed by atoms with E-state index in [0.29, 0.717) is 0 Å². The van der Waals surface area contributed by atoms with Gasteiger partial charge in [-0.25, -0.2) is 4.98 Å². The molecule has 104 valence electrons. The predicted molar refractivity (Wildman–Crippen MR) is 83.9 cm³/mol. The SMILES string of the molecule is CN1[C@@H]2CCC[C@@]1(c1ncc(-c3ccccc3)s1)CC2. The number of thiazole rings is 1. The van der Waals surface area contributed by atoms with Crippen molar-refractivity contribution in [3.05, 3.63) is 41.5 Å². The lowest BCUT2D eigenvalue weighted by Gasteiger charge is -2.41. The number of nitrogens with zero attached hydrogens (tertiary/aromatic N) is 2.